The molecule has 1 aliphatic rings. The minimum absolute atomic E-state index is 0. The standard InChI is InChI=1S/C21H27N3O.2ClH/c1-16(24-21(25)9-4-17-10-13-22-14-11-17)18-5-7-19(8-6-18)20-3-2-12-23-15-20;;/h2-3,5-8,12,15-17,22H,4,9-11,13-14H2,1H3,(H,24,25);2*1H. The Balaban J connectivity index is 0.00000182. The molecule has 2 N–H and O–H groups in total. The van der Waals surface area contributed by atoms with Crippen molar-refractivity contribution in [1.82, 2.24) is 15.6 Å². The van der Waals surface area contributed by atoms with Crippen molar-refractivity contribution in [1.29, 1.82) is 0 Å². The first-order chi connectivity index (χ1) is 12.2. The van der Waals surface area contributed by atoms with Crippen molar-refractivity contribution in [3.05, 3.63) is 54.4 Å². The van der Waals surface area contributed by atoms with Crippen LogP contribution in [0.25, 0.3) is 11.1 Å². The Labute approximate surface area is 174 Å². The number of nitrogens with zero attached hydrogens (tertiary/aromatic N) is 1. The molecule has 0 bridgehead atoms. The van der Waals surface area contributed by atoms with Gasteiger partial charge in [-0.1, -0.05) is 30.3 Å². The predicted octanol–water partition coefficient (Wildman–Crippen LogP) is 4.55. The van der Waals surface area contributed by atoms with Crippen molar-refractivity contribution in [3.8, 4) is 11.1 Å². The number of rotatable bonds is 6. The monoisotopic (exact) mass is 409 g/mol. The Bertz CT molecular complexity index is 674. The molecule has 1 aromatic heterocycles. The number of halogens is 2. The van der Waals surface area contributed by atoms with Gasteiger partial charge in [-0.3, -0.25) is 9.78 Å². The van der Waals surface area contributed by atoms with Crippen LogP contribution in [0.1, 0.15) is 44.2 Å². The van der Waals surface area contributed by atoms with Gasteiger partial charge in [-0.15, -0.1) is 24.8 Å². The van der Waals surface area contributed by atoms with E-state index in [1.54, 1.807) is 6.20 Å². The Morgan fingerprint density at radius 1 is 1.15 bits per heavy atom. The number of nitrogens with one attached hydrogen (secondary N) is 2. The van der Waals surface area contributed by atoms with Crippen LogP contribution in [-0.4, -0.2) is 24.0 Å². The first-order valence-corrected chi connectivity index (χ1v) is 9.23. The third-order valence-corrected chi connectivity index (χ3v) is 5.02. The maximum atomic E-state index is 12.2. The van der Waals surface area contributed by atoms with E-state index in [1.807, 2.05) is 25.3 Å². The van der Waals surface area contributed by atoms with Crippen molar-refractivity contribution in [2.75, 3.05) is 13.1 Å². The molecule has 3 rings (SSSR count). The summed E-state index contributed by atoms with van der Waals surface area (Å²) in [6.07, 6.45) is 7.65. The zero-order valence-corrected chi connectivity index (χ0v) is 17.3. The van der Waals surface area contributed by atoms with E-state index in [0.29, 0.717) is 12.3 Å². The molecule has 1 atom stereocenters. The molecule has 2 aromatic rings. The third-order valence-electron chi connectivity index (χ3n) is 5.02. The van der Waals surface area contributed by atoms with Crippen LogP contribution in [0, 0.1) is 5.92 Å². The summed E-state index contributed by atoms with van der Waals surface area (Å²) in [6, 6.07) is 12.4. The van der Waals surface area contributed by atoms with Crippen molar-refractivity contribution in [2.45, 2.75) is 38.6 Å². The number of hydrogen-bond acceptors (Lipinski definition) is 3. The molecule has 1 unspecified atom stereocenters. The van der Waals surface area contributed by atoms with Crippen LogP contribution in [0.5, 0.6) is 0 Å². The Kier molecular flexibility index (Phi) is 10.4. The van der Waals surface area contributed by atoms with Crippen LogP contribution in [0.4, 0.5) is 0 Å². The molecule has 148 valence electrons. The van der Waals surface area contributed by atoms with Crippen molar-refractivity contribution < 1.29 is 4.79 Å². The van der Waals surface area contributed by atoms with Gasteiger partial charge in [0.1, 0.15) is 0 Å². The fourth-order valence-electron chi connectivity index (χ4n) is 3.40. The maximum absolute atomic E-state index is 12.2. The third kappa shape index (κ3) is 7.13. The molecule has 1 fully saturated rings. The first-order valence-electron chi connectivity index (χ1n) is 9.23. The highest BCUT2D eigenvalue weighted by Crippen LogP contribution is 2.22. The zero-order chi connectivity index (χ0) is 17.5. The second-order valence-electron chi connectivity index (χ2n) is 6.88. The summed E-state index contributed by atoms with van der Waals surface area (Å²) in [5, 5.41) is 6.50. The maximum Gasteiger partial charge on any atom is 0.220 e. The minimum atomic E-state index is 0. The van der Waals surface area contributed by atoms with Crippen molar-refractivity contribution in [3.63, 3.8) is 0 Å². The molecule has 1 saturated heterocycles. The molecule has 27 heavy (non-hydrogen) atoms. The highest BCUT2D eigenvalue weighted by molar-refractivity contribution is 5.85. The number of amides is 1. The van der Waals surface area contributed by atoms with E-state index in [2.05, 4.69) is 39.9 Å². The molecule has 4 nitrogen and oxygen atoms in total. The van der Waals surface area contributed by atoms with Crippen LogP contribution < -0.4 is 10.6 Å². The number of hydrogen-bond donors (Lipinski definition) is 2. The molecule has 0 spiro atoms. The van der Waals surface area contributed by atoms with Gasteiger partial charge in [-0.2, -0.15) is 0 Å². The van der Waals surface area contributed by atoms with E-state index in [0.717, 1.165) is 36.2 Å². The van der Waals surface area contributed by atoms with E-state index in [9.17, 15) is 4.79 Å². The van der Waals surface area contributed by atoms with Gasteiger partial charge < -0.3 is 10.6 Å². The summed E-state index contributed by atoms with van der Waals surface area (Å²) < 4.78 is 0. The molecule has 1 aromatic carbocycles. The topological polar surface area (TPSA) is 54.0 Å². The molecule has 1 aliphatic heterocycles. The van der Waals surface area contributed by atoms with E-state index in [-0.39, 0.29) is 36.8 Å². The SMILES string of the molecule is CC(NC(=O)CCC1CCNCC1)c1ccc(-c2cccnc2)cc1.Cl.Cl. The summed E-state index contributed by atoms with van der Waals surface area (Å²) in [5.74, 6) is 0.850. The number of carbonyl (C=O) groups excluding carboxylic acids is 1. The number of piperidine rings is 1. The first kappa shape index (κ1) is 23.4. The van der Waals surface area contributed by atoms with Gasteiger partial charge in [0.15, 0.2) is 0 Å². The van der Waals surface area contributed by atoms with E-state index in [4.69, 9.17) is 0 Å². The van der Waals surface area contributed by atoms with Gasteiger partial charge in [-0.25, -0.2) is 0 Å². The normalized spacial score (nSPS) is 15.1. The van der Waals surface area contributed by atoms with Crippen molar-refractivity contribution >= 4 is 30.7 Å². The fourth-order valence-corrected chi connectivity index (χ4v) is 3.40. The van der Waals surface area contributed by atoms with E-state index >= 15 is 0 Å². The van der Waals surface area contributed by atoms with E-state index < -0.39 is 0 Å². The quantitative estimate of drug-likeness (QED) is 0.735. The lowest BCUT2D eigenvalue weighted by Crippen LogP contribution is -2.30. The zero-order valence-electron chi connectivity index (χ0n) is 15.7. The van der Waals surface area contributed by atoms with Crippen LogP contribution in [0.3, 0.4) is 0 Å². The number of carbonyl (C=O) groups is 1. The van der Waals surface area contributed by atoms with Crippen LogP contribution in [0.15, 0.2) is 48.8 Å². The predicted molar refractivity (Wildman–Crippen MR) is 116 cm³/mol. The lowest BCUT2D eigenvalue weighted by molar-refractivity contribution is -0.122. The van der Waals surface area contributed by atoms with Crippen LogP contribution in [-0.2, 0) is 4.79 Å². The smallest absolute Gasteiger partial charge is 0.220 e. The summed E-state index contributed by atoms with van der Waals surface area (Å²) in [7, 11) is 0. The Morgan fingerprint density at radius 2 is 1.85 bits per heavy atom. The van der Waals surface area contributed by atoms with Gasteiger partial charge in [-0.05, 0) is 68.0 Å². The summed E-state index contributed by atoms with van der Waals surface area (Å²) >= 11 is 0. The molecule has 0 saturated carbocycles. The minimum Gasteiger partial charge on any atom is -0.350 e. The van der Waals surface area contributed by atoms with Crippen LogP contribution >= 0.6 is 24.8 Å². The number of benzene rings is 1. The van der Waals surface area contributed by atoms with Gasteiger partial charge in [0.25, 0.3) is 0 Å². The molecule has 6 heteroatoms. The highest BCUT2D eigenvalue weighted by atomic mass is 35.5. The molecule has 0 radical (unpaired) electrons. The Hall–Kier alpha value is -1.62. The van der Waals surface area contributed by atoms with Gasteiger partial charge in [0.05, 0.1) is 6.04 Å². The molecular weight excluding hydrogens is 381 g/mol. The summed E-state index contributed by atoms with van der Waals surface area (Å²) in [5.41, 5.74) is 3.37. The molecule has 1 amide bonds. The average molecular weight is 410 g/mol. The summed E-state index contributed by atoms with van der Waals surface area (Å²) in [6.45, 7) is 4.22. The lowest BCUT2D eigenvalue weighted by Gasteiger charge is -2.22. The highest BCUT2D eigenvalue weighted by Gasteiger charge is 2.15. The van der Waals surface area contributed by atoms with Gasteiger partial charge in [0.2, 0.25) is 5.91 Å². The lowest BCUT2D eigenvalue weighted by atomic mass is 9.93. The average Bonchev–Trinajstić information content (AvgIpc) is 2.68. The number of aromatic nitrogens is 1. The largest absolute Gasteiger partial charge is 0.350 e. The van der Waals surface area contributed by atoms with Gasteiger partial charge >= 0.3 is 0 Å². The second kappa shape index (κ2) is 12.0. The van der Waals surface area contributed by atoms with Gasteiger partial charge in [0, 0.05) is 18.8 Å². The number of pyridine rings is 1. The van der Waals surface area contributed by atoms with Crippen molar-refractivity contribution in [2.24, 2.45) is 5.92 Å². The molecular formula is C21H29Cl2N3O. The fraction of sp³-hybridized carbons (Fsp3) is 0.429. The molecule has 2 heterocycles. The Morgan fingerprint density at radius 3 is 2.48 bits per heavy atom. The molecule has 0 aliphatic carbocycles. The summed E-state index contributed by atoms with van der Waals surface area (Å²) in [4.78, 5) is 16.4. The van der Waals surface area contributed by atoms with Crippen LogP contribution in [0.2, 0.25) is 0 Å². The van der Waals surface area contributed by atoms with E-state index in [1.165, 1.54) is 12.8 Å². The second-order valence-corrected chi connectivity index (χ2v) is 6.88.